The molecule has 0 aliphatic carbocycles. The number of esters is 1. The van der Waals surface area contributed by atoms with Crippen LogP contribution in [0.4, 0.5) is 0 Å². The van der Waals surface area contributed by atoms with Crippen LogP contribution in [-0.2, 0) is 14.3 Å². The van der Waals surface area contributed by atoms with Crippen molar-refractivity contribution in [3.8, 4) is 0 Å². The first-order valence-corrected chi connectivity index (χ1v) is 6.16. The SMILES string of the molecule is CCOC(=O)C1CCN(CC(C)C(=O)O)CC1. The van der Waals surface area contributed by atoms with Gasteiger partial charge in [0.25, 0.3) is 0 Å². The second-order valence-corrected chi connectivity index (χ2v) is 4.57. The number of carboxylic acids is 1. The third-order valence-electron chi connectivity index (χ3n) is 3.16. The molecule has 0 aromatic rings. The van der Waals surface area contributed by atoms with Crippen molar-refractivity contribution in [3.63, 3.8) is 0 Å². The number of aliphatic carboxylic acids is 1. The topological polar surface area (TPSA) is 66.8 Å². The first-order valence-electron chi connectivity index (χ1n) is 6.16. The summed E-state index contributed by atoms with van der Waals surface area (Å²) in [6.45, 7) is 6.06. The normalized spacial score (nSPS) is 19.9. The molecule has 1 N–H and O–H groups in total. The molecule has 98 valence electrons. The summed E-state index contributed by atoms with van der Waals surface area (Å²) in [6.07, 6.45) is 1.54. The van der Waals surface area contributed by atoms with Crippen LogP contribution in [0.5, 0.6) is 0 Å². The number of piperidine rings is 1. The maximum absolute atomic E-state index is 11.5. The van der Waals surface area contributed by atoms with Crippen LogP contribution in [0.25, 0.3) is 0 Å². The van der Waals surface area contributed by atoms with Crippen LogP contribution in [0.2, 0.25) is 0 Å². The van der Waals surface area contributed by atoms with Crippen LogP contribution in [0, 0.1) is 11.8 Å². The highest BCUT2D eigenvalue weighted by molar-refractivity contribution is 5.72. The minimum atomic E-state index is -0.766. The summed E-state index contributed by atoms with van der Waals surface area (Å²) >= 11 is 0. The van der Waals surface area contributed by atoms with E-state index in [9.17, 15) is 9.59 Å². The van der Waals surface area contributed by atoms with E-state index >= 15 is 0 Å². The molecule has 0 aromatic carbocycles. The Balaban J connectivity index is 2.30. The minimum Gasteiger partial charge on any atom is -0.481 e. The van der Waals surface area contributed by atoms with Gasteiger partial charge in [-0.3, -0.25) is 9.59 Å². The Bertz CT molecular complexity index is 272. The largest absolute Gasteiger partial charge is 0.481 e. The van der Waals surface area contributed by atoms with E-state index in [2.05, 4.69) is 4.90 Å². The molecule has 0 spiro atoms. The lowest BCUT2D eigenvalue weighted by atomic mass is 9.96. The number of carbonyl (C=O) groups is 2. The first-order chi connectivity index (χ1) is 8.04. The fraction of sp³-hybridized carbons (Fsp3) is 0.833. The lowest BCUT2D eigenvalue weighted by molar-refractivity contribution is -0.150. The summed E-state index contributed by atoms with van der Waals surface area (Å²) in [4.78, 5) is 24.3. The number of likely N-dealkylation sites (tertiary alicyclic amines) is 1. The highest BCUT2D eigenvalue weighted by Crippen LogP contribution is 2.19. The second kappa shape index (κ2) is 6.59. The Kier molecular flexibility index (Phi) is 5.41. The van der Waals surface area contributed by atoms with E-state index in [1.165, 1.54) is 0 Å². The van der Waals surface area contributed by atoms with Crippen LogP contribution in [-0.4, -0.2) is 48.2 Å². The number of nitrogens with zero attached hydrogens (tertiary/aromatic N) is 1. The van der Waals surface area contributed by atoms with Gasteiger partial charge in [-0.1, -0.05) is 6.92 Å². The average molecular weight is 243 g/mol. The maximum atomic E-state index is 11.5. The van der Waals surface area contributed by atoms with E-state index in [0.717, 1.165) is 25.9 Å². The molecule has 1 fully saturated rings. The van der Waals surface area contributed by atoms with Crippen LogP contribution in [0.15, 0.2) is 0 Å². The third-order valence-corrected chi connectivity index (χ3v) is 3.16. The molecule has 1 atom stereocenters. The molecule has 0 bridgehead atoms. The fourth-order valence-electron chi connectivity index (χ4n) is 2.08. The Morgan fingerprint density at radius 2 is 2.00 bits per heavy atom. The lowest BCUT2D eigenvalue weighted by Crippen LogP contribution is -2.40. The molecule has 0 amide bonds. The number of carboxylic acid groups (broad SMARTS) is 1. The van der Waals surface area contributed by atoms with Gasteiger partial charge in [-0.25, -0.2) is 0 Å². The van der Waals surface area contributed by atoms with Crippen LogP contribution >= 0.6 is 0 Å². The van der Waals surface area contributed by atoms with Crippen molar-refractivity contribution in [2.75, 3.05) is 26.2 Å². The first kappa shape index (κ1) is 14.0. The zero-order chi connectivity index (χ0) is 12.8. The smallest absolute Gasteiger partial charge is 0.309 e. The van der Waals surface area contributed by atoms with Crippen LogP contribution < -0.4 is 0 Å². The van der Waals surface area contributed by atoms with Crippen LogP contribution in [0.1, 0.15) is 26.7 Å². The van der Waals surface area contributed by atoms with Gasteiger partial charge in [0.1, 0.15) is 0 Å². The van der Waals surface area contributed by atoms with E-state index in [-0.39, 0.29) is 17.8 Å². The molecule has 0 saturated carbocycles. The highest BCUT2D eigenvalue weighted by Gasteiger charge is 2.27. The average Bonchev–Trinajstić information content (AvgIpc) is 2.30. The Morgan fingerprint density at radius 1 is 1.41 bits per heavy atom. The molecule has 0 aromatic heterocycles. The molecule has 1 aliphatic rings. The quantitative estimate of drug-likeness (QED) is 0.729. The fourth-order valence-corrected chi connectivity index (χ4v) is 2.08. The summed E-state index contributed by atoms with van der Waals surface area (Å²) in [5, 5.41) is 8.82. The van der Waals surface area contributed by atoms with E-state index in [0.29, 0.717) is 13.2 Å². The van der Waals surface area contributed by atoms with Crippen LogP contribution in [0.3, 0.4) is 0 Å². The number of ether oxygens (including phenoxy) is 1. The zero-order valence-corrected chi connectivity index (χ0v) is 10.5. The predicted octanol–water partition coefficient (Wildman–Crippen LogP) is 0.982. The number of rotatable bonds is 5. The predicted molar refractivity (Wildman–Crippen MR) is 62.6 cm³/mol. The lowest BCUT2D eigenvalue weighted by Gasteiger charge is -2.31. The van der Waals surface area contributed by atoms with Gasteiger partial charge in [0, 0.05) is 6.54 Å². The molecule has 1 rings (SSSR count). The van der Waals surface area contributed by atoms with Crippen molar-refractivity contribution < 1.29 is 19.4 Å². The van der Waals surface area contributed by atoms with Crippen molar-refractivity contribution in [1.29, 1.82) is 0 Å². The monoisotopic (exact) mass is 243 g/mol. The Morgan fingerprint density at radius 3 is 2.47 bits per heavy atom. The van der Waals surface area contributed by atoms with Gasteiger partial charge in [-0.15, -0.1) is 0 Å². The molecule has 0 radical (unpaired) electrons. The highest BCUT2D eigenvalue weighted by atomic mass is 16.5. The van der Waals surface area contributed by atoms with Gasteiger partial charge in [-0.05, 0) is 32.9 Å². The van der Waals surface area contributed by atoms with E-state index < -0.39 is 5.97 Å². The molecular weight excluding hydrogens is 222 g/mol. The van der Waals surface area contributed by atoms with E-state index in [1.807, 2.05) is 6.92 Å². The maximum Gasteiger partial charge on any atom is 0.309 e. The number of carbonyl (C=O) groups excluding carboxylic acids is 1. The van der Waals surface area contributed by atoms with Crippen molar-refractivity contribution >= 4 is 11.9 Å². The molecule has 1 unspecified atom stereocenters. The summed E-state index contributed by atoms with van der Waals surface area (Å²) < 4.78 is 4.98. The molecule has 17 heavy (non-hydrogen) atoms. The number of hydrogen-bond donors (Lipinski definition) is 1. The summed E-state index contributed by atoms with van der Waals surface area (Å²) in [6, 6.07) is 0. The molecular formula is C12H21NO4. The van der Waals surface area contributed by atoms with Gasteiger partial charge in [0.15, 0.2) is 0 Å². The van der Waals surface area contributed by atoms with Crippen molar-refractivity contribution in [1.82, 2.24) is 4.90 Å². The number of hydrogen-bond acceptors (Lipinski definition) is 4. The third kappa shape index (κ3) is 4.34. The standard InChI is InChI=1S/C12H21NO4/c1-3-17-12(16)10-4-6-13(7-5-10)8-9(2)11(14)15/h9-10H,3-8H2,1-2H3,(H,14,15). The van der Waals surface area contributed by atoms with Crippen molar-refractivity contribution in [2.24, 2.45) is 11.8 Å². The summed E-state index contributed by atoms with van der Waals surface area (Å²) in [5.74, 6) is -1.24. The van der Waals surface area contributed by atoms with Gasteiger partial charge >= 0.3 is 11.9 Å². The zero-order valence-electron chi connectivity index (χ0n) is 10.5. The van der Waals surface area contributed by atoms with Gasteiger partial charge in [0.2, 0.25) is 0 Å². The molecule has 5 nitrogen and oxygen atoms in total. The van der Waals surface area contributed by atoms with Crippen molar-refractivity contribution in [2.45, 2.75) is 26.7 Å². The van der Waals surface area contributed by atoms with Crippen molar-refractivity contribution in [3.05, 3.63) is 0 Å². The van der Waals surface area contributed by atoms with Gasteiger partial charge in [0.05, 0.1) is 18.4 Å². The van der Waals surface area contributed by atoms with Gasteiger partial charge in [-0.2, -0.15) is 0 Å². The van der Waals surface area contributed by atoms with E-state index in [4.69, 9.17) is 9.84 Å². The molecule has 5 heteroatoms. The Labute approximate surface area is 102 Å². The molecule has 1 aliphatic heterocycles. The second-order valence-electron chi connectivity index (χ2n) is 4.57. The molecule has 1 heterocycles. The summed E-state index contributed by atoms with van der Waals surface area (Å²) in [5.41, 5.74) is 0. The minimum absolute atomic E-state index is 0.00802. The summed E-state index contributed by atoms with van der Waals surface area (Å²) in [7, 11) is 0. The van der Waals surface area contributed by atoms with Gasteiger partial charge < -0.3 is 14.7 Å². The Hall–Kier alpha value is -1.10. The van der Waals surface area contributed by atoms with E-state index in [1.54, 1.807) is 6.92 Å². The molecule has 1 saturated heterocycles.